The first-order valence-corrected chi connectivity index (χ1v) is 2.77. The van der Waals surface area contributed by atoms with E-state index in [1.165, 1.54) is 12.1 Å². The summed E-state index contributed by atoms with van der Waals surface area (Å²) in [7, 11) is 0. The number of benzene rings is 1. The zero-order chi connectivity index (χ0) is 6.69. The Morgan fingerprint density at radius 1 is 1.33 bits per heavy atom. The molecule has 1 nitrogen and oxygen atoms in total. The van der Waals surface area contributed by atoms with Crippen molar-refractivity contribution in [2.45, 2.75) is 6.54 Å². The zero-order valence-corrected chi connectivity index (χ0v) is 4.97. The lowest BCUT2D eigenvalue weighted by Crippen LogP contribution is -1.94. The topological polar surface area (TPSA) is 26.0 Å². The maximum absolute atomic E-state index is 12.2. The molecule has 50 valence electrons. The normalized spacial score (nSPS) is 9.56. The fourth-order valence-electron chi connectivity index (χ4n) is 0.620. The summed E-state index contributed by atoms with van der Waals surface area (Å²) >= 11 is 0. The molecule has 2 N–H and O–H groups in total. The Labute approximate surface area is 54.8 Å². The van der Waals surface area contributed by atoms with Crippen molar-refractivity contribution < 1.29 is 5.82 Å². The van der Waals surface area contributed by atoms with E-state index in [0.717, 1.165) is 5.56 Å². The lowest BCUT2D eigenvalue weighted by molar-refractivity contribution is 0.627. The Morgan fingerprint density at radius 2 is 1.89 bits per heavy atom. The molecule has 0 unspecified atom stereocenters. The third-order valence-electron chi connectivity index (χ3n) is 1.15. The Kier molecular flexibility index (Phi) is 1.80. The number of hydrogen-bond acceptors (Lipinski definition) is 1. The van der Waals surface area contributed by atoms with Gasteiger partial charge in [-0.25, -0.2) is 4.39 Å². The van der Waals surface area contributed by atoms with Crippen LogP contribution in [0.5, 0.6) is 0 Å². The minimum Gasteiger partial charge on any atom is -0.326 e. The highest BCUT2D eigenvalue weighted by Gasteiger charge is 1.87. The third-order valence-corrected chi connectivity index (χ3v) is 1.15. The van der Waals surface area contributed by atoms with E-state index in [0.29, 0.717) is 6.54 Å². The van der Waals surface area contributed by atoms with Crippen LogP contribution in [0.3, 0.4) is 0 Å². The Hall–Kier alpha value is -0.890. The Balaban J connectivity index is 0.000000810. The van der Waals surface area contributed by atoms with Gasteiger partial charge in [0.05, 0.1) is 0 Å². The molecule has 0 bridgehead atoms. The Morgan fingerprint density at radius 3 is 2.33 bits per heavy atom. The standard InChI is InChI=1S/C7H8FN.H2/c8-7-3-1-6(5-9)2-4-7;/h1-4H,5,9H2;1H. The van der Waals surface area contributed by atoms with Crippen LogP contribution in [0.15, 0.2) is 24.3 Å². The van der Waals surface area contributed by atoms with E-state index in [9.17, 15) is 4.39 Å². The summed E-state index contributed by atoms with van der Waals surface area (Å²) in [6.07, 6.45) is 0. The molecule has 0 spiro atoms. The van der Waals surface area contributed by atoms with E-state index >= 15 is 0 Å². The van der Waals surface area contributed by atoms with Gasteiger partial charge < -0.3 is 5.73 Å². The highest BCUT2D eigenvalue weighted by Crippen LogP contribution is 2.00. The van der Waals surface area contributed by atoms with Gasteiger partial charge in [-0.05, 0) is 17.7 Å². The lowest BCUT2D eigenvalue weighted by atomic mass is 10.2. The summed E-state index contributed by atoms with van der Waals surface area (Å²) in [5.74, 6) is -0.216. The van der Waals surface area contributed by atoms with Crippen molar-refractivity contribution in [3.8, 4) is 0 Å². The second-order valence-electron chi connectivity index (χ2n) is 1.83. The molecule has 1 aromatic carbocycles. The second kappa shape index (κ2) is 2.60. The molecule has 0 heterocycles. The molecule has 1 aromatic rings. The summed E-state index contributed by atoms with van der Waals surface area (Å²) in [5, 5.41) is 0. The third kappa shape index (κ3) is 1.50. The maximum atomic E-state index is 12.2. The highest BCUT2D eigenvalue weighted by atomic mass is 19.1. The first-order valence-electron chi connectivity index (χ1n) is 2.77. The lowest BCUT2D eigenvalue weighted by Gasteiger charge is -1.92. The van der Waals surface area contributed by atoms with Crippen molar-refractivity contribution >= 4 is 0 Å². The first kappa shape index (κ1) is 6.23. The smallest absolute Gasteiger partial charge is 0.123 e. The van der Waals surface area contributed by atoms with E-state index in [2.05, 4.69) is 0 Å². The van der Waals surface area contributed by atoms with Gasteiger partial charge in [-0.15, -0.1) is 0 Å². The van der Waals surface area contributed by atoms with Crippen LogP contribution in [0.25, 0.3) is 0 Å². The molecule has 0 radical (unpaired) electrons. The number of halogens is 1. The van der Waals surface area contributed by atoms with Gasteiger partial charge in [0.15, 0.2) is 0 Å². The number of hydrogen-bond donors (Lipinski definition) is 1. The van der Waals surface area contributed by atoms with Crippen molar-refractivity contribution in [1.82, 2.24) is 0 Å². The average Bonchev–Trinajstić information content (AvgIpc) is 1.90. The van der Waals surface area contributed by atoms with Gasteiger partial charge in [-0.2, -0.15) is 0 Å². The van der Waals surface area contributed by atoms with Crippen LogP contribution < -0.4 is 5.73 Å². The summed E-state index contributed by atoms with van der Waals surface area (Å²) in [5.41, 5.74) is 6.23. The summed E-state index contributed by atoms with van der Waals surface area (Å²) in [6.45, 7) is 0.472. The molecule has 0 atom stereocenters. The van der Waals surface area contributed by atoms with Crippen molar-refractivity contribution in [1.29, 1.82) is 0 Å². The molecule has 9 heavy (non-hydrogen) atoms. The van der Waals surface area contributed by atoms with Crippen LogP contribution in [0, 0.1) is 5.82 Å². The fraction of sp³-hybridized carbons (Fsp3) is 0.143. The van der Waals surface area contributed by atoms with Gasteiger partial charge >= 0.3 is 0 Å². The monoisotopic (exact) mass is 127 g/mol. The van der Waals surface area contributed by atoms with E-state index in [1.54, 1.807) is 12.1 Å². The molecular formula is C7H10FN. The van der Waals surface area contributed by atoms with Crippen LogP contribution in [0.4, 0.5) is 4.39 Å². The SMILES string of the molecule is NCc1ccc(F)cc1.[HH]. The largest absolute Gasteiger partial charge is 0.326 e. The first-order chi connectivity index (χ1) is 4.33. The molecule has 0 saturated carbocycles. The van der Waals surface area contributed by atoms with Crippen LogP contribution in [-0.2, 0) is 6.54 Å². The van der Waals surface area contributed by atoms with E-state index in [4.69, 9.17) is 5.73 Å². The highest BCUT2D eigenvalue weighted by molar-refractivity contribution is 5.15. The molecule has 0 aromatic heterocycles. The van der Waals surface area contributed by atoms with Crippen LogP contribution >= 0.6 is 0 Å². The molecule has 2 heteroatoms. The number of nitrogens with two attached hydrogens (primary N) is 1. The predicted octanol–water partition coefficient (Wildman–Crippen LogP) is 1.53. The van der Waals surface area contributed by atoms with Crippen LogP contribution in [0.1, 0.15) is 6.99 Å². The molecule has 0 aliphatic carbocycles. The molecular weight excluding hydrogens is 117 g/mol. The number of rotatable bonds is 1. The van der Waals surface area contributed by atoms with E-state index < -0.39 is 0 Å². The molecule has 1 rings (SSSR count). The predicted molar refractivity (Wildman–Crippen MR) is 36.4 cm³/mol. The zero-order valence-electron chi connectivity index (χ0n) is 4.97. The van der Waals surface area contributed by atoms with E-state index in [1.807, 2.05) is 0 Å². The minimum absolute atomic E-state index is 0. The molecule has 0 amide bonds. The van der Waals surface area contributed by atoms with Crippen LogP contribution in [-0.4, -0.2) is 0 Å². The van der Waals surface area contributed by atoms with Gasteiger partial charge in [0.1, 0.15) is 5.82 Å². The second-order valence-corrected chi connectivity index (χ2v) is 1.83. The van der Waals surface area contributed by atoms with Gasteiger partial charge in [0, 0.05) is 7.97 Å². The van der Waals surface area contributed by atoms with Crippen molar-refractivity contribution in [2.75, 3.05) is 0 Å². The fourth-order valence-corrected chi connectivity index (χ4v) is 0.620. The van der Waals surface area contributed by atoms with Crippen molar-refractivity contribution in [3.05, 3.63) is 35.6 Å². The van der Waals surface area contributed by atoms with Crippen LogP contribution in [0.2, 0.25) is 0 Å². The van der Waals surface area contributed by atoms with Gasteiger partial charge in [0.25, 0.3) is 0 Å². The quantitative estimate of drug-likeness (QED) is 0.608. The maximum Gasteiger partial charge on any atom is 0.123 e. The average molecular weight is 127 g/mol. The van der Waals surface area contributed by atoms with Gasteiger partial charge in [-0.3, -0.25) is 0 Å². The van der Waals surface area contributed by atoms with Crippen molar-refractivity contribution in [2.24, 2.45) is 5.73 Å². The molecule has 0 saturated heterocycles. The van der Waals surface area contributed by atoms with E-state index in [-0.39, 0.29) is 7.24 Å². The van der Waals surface area contributed by atoms with Gasteiger partial charge in [0.2, 0.25) is 0 Å². The minimum atomic E-state index is -0.216. The summed E-state index contributed by atoms with van der Waals surface area (Å²) in [4.78, 5) is 0. The molecule has 0 fully saturated rings. The van der Waals surface area contributed by atoms with Crippen molar-refractivity contribution in [3.63, 3.8) is 0 Å². The Bertz CT molecular complexity index is 185. The molecule has 0 aliphatic rings. The molecule has 0 aliphatic heterocycles. The van der Waals surface area contributed by atoms with Gasteiger partial charge in [-0.1, -0.05) is 12.1 Å². The summed E-state index contributed by atoms with van der Waals surface area (Å²) < 4.78 is 12.2. The summed E-state index contributed by atoms with van der Waals surface area (Å²) in [6, 6.07) is 6.16.